The van der Waals surface area contributed by atoms with Gasteiger partial charge >= 0.3 is 6.03 Å². The zero-order valence-electron chi connectivity index (χ0n) is 14.8. The van der Waals surface area contributed by atoms with Crippen molar-refractivity contribution in [3.63, 3.8) is 0 Å². The van der Waals surface area contributed by atoms with Crippen molar-refractivity contribution in [2.45, 2.75) is 24.3 Å². The van der Waals surface area contributed by atoms with Gasteiger partial charge in [-0.25, -0.2) is 4.79 Å². The molecule has 2 aromatic rings. The fourth-order valence-electron chi connectivity index (χ4n) is 2.14. The SMILES string of the molecule is COc1ccc(-c2nnc(S[C@H](C(=O)NC(N)=O)C(C)C)o2)cc1OC. The molecule has 0 spiro atoms. The minimum Gasteiger partial charge on any atom is -0.493 e. The zero-order chi connectivity index (χ0) is 19.3. The first kappa shape index (κ1) is 19.6. The fourth-order valence-corrected chi connectivity index (χ4v) is 3.01. The first-order chi connectivity index (χ1) is 12.3. The summed E-state index contributed by atoms with van der Waals surface area (Å²) >= 11 is 1.06. The highest BCUT2D eigenvalue weighted by Crippen LogP contribution is 2.34. The summed E-state index contributed by atoms with van der Waals surface area (Å²) in [6.07, 6.45) is 0. The van der Waals surface area contributed by atoms with Gasteiger partial charge in [-0.15, -0.1) is 10.2 Å². The number of carbonyl (C=O) groups is 2. The summed E-state index contributed by atoms with van der Waals surface area (Å²) in [5, 5.41) is 9.61. The molecule has 1 atom stereocenters. The first-order valence-corrected chi connectivity index (χ1v) is 8.56. The second kappa shape index (κ2) is 8.56. The molecule has 0 radical (unpaired) electrons. The van der Waals surface area contributed by atoms with E-state index in [9.17, 15) is 9.59 Å². The van der Waals surface area contributed by atoms with Crippen LogP contribution in [0.2, 0.25) is 0 Å². The molecule has 1 aromatic carbocycles. The van der Waals surface area contributed by atoms with Gasteiger partial charge in [0.2, 0.25) is 11.8 Å². The van der Waals surface area contributed by atoms with Crippen LogP contribution in [0.3, 0.4) is 0 Å². The van der Waals surface area contributed by atoms with Gasteiger partial charge in [0.1, 0.15) is 0 Å². The van der Waals surface area contributed by atoms with Gasteiger partial charge in [0.05, 0.1) is 19.5 Å². The average molecular weight is 380 g/mol. The lowest BCUT2D eigenvalue weighted by Crippen LogP contribution is -2.42. The third-order valence-electron chi connectivity index (χ3n) is 3.38. The highest BCUT2D eigenvalue weighted by molar-refractivity contribution is 8.00. The van der Waals surface area contributed by atoms with Crippen LogP contribution in [0.1, 0.15) is 13.8 Å². The van der Waals surface area contributed by atoms with Gasteiger partial charge in [-0.1, -0.05) is 25.6 Å². The smallest absolute Gasteiger partial charge is 0.318 e. The second-order valence-corrected chi connectivity index (χ2v) is 6.67. The van der Waals surface area contributed by atoms with Gasteiger partial charge < -0.3 is 19.6 Å². The van der Waals surface area contributed by atoms with Crippen LogP contribution in [0, 0.1) is 5.92 Å². The Morgan fingerprint density at radius 1 is 1.19 bits per heavy atom. The Morgan fingerprint density at radius 3 is 2.46 bits per heavy atom. The Labute approximate surface area is 154 Å². The Kier molecular flexibility index (Phi) is 6.45. The Morgan fingerprint density at radius 2 is 1.88 bits per heavy atom. The highest BCUT2D eigenvalue weighted by atomic mass is 32.2. The summed E-state index contributed by atoms with van der Waals surface area (Å²) in [6, 6.07) is 4.28. The van der Waals surface area contributed by atoms with Crippen LogP contribution in [-0.4, -0.2) is 41.6 Å². The summed E-state index contributed by atoms with van der Waals surface area (Å²) < 4.78 is 16.1. The number of aromatic nitrogens is 2. The number of thioether (sulfide) groups is 1. The zero-order valence-corrected chi connectivity index (χ0v) is 15.6. The standard InChI is InChI=1S/C16H20N4O5S/c1-8(2)12(13(21)18-15(17)22)26-16-20-19-14(25-16)9-5-6-10(23-3)11(7-9)24-4/h5-8,12H,1-4H3,(H3,17,18,21,22)/t12-/m0/s1. The summed E-state index contributed by atoms with van der Waals surface area (Å²) in [4.78, 5) is 23.0. The molecular formula is C16H20N4O5S. The Balaban J connectivity index is 2.20. The van der Waals surface area contributed by atoms with Crippen LogP contribution < -0.4 is 20.5 Å². The van der Waals surface area contributed by atoms with Gasteiger partial charge in [-0.3, -0.25) is 10.1 Å². The molecule has 0 saturated heterocycles. The molecule has 9 nitrogen and oxygen atoms in total. The number of hydrogen-bond acceptors (Lipinski definition) is 8. The third kappa shape index (κ3) is 4.66. The molecule has 140 valence electrons. The molecule has 1 aromatic heterocycles. The number of nitrogens with two attached hydrogens (primary N) is 1. The maximum absolute atomic E-state index is 12.1. The molecule has 0 aliphatic rings. The van der Waals surface area contributed by atoms with Gasteiger partial charge in [0.15, 0.2) is 11.5 Å². The van der Waals surface area contributed by atoms with E-state index in [1.807, 2.05) is 13.8 Å². The number of primary amides is 1. The summed E-state index contributed by atoms with van der Waals surface area (Å²) in [6.45, 7) is 3.67. The molecule has 3 N–H and O–H groups in total. The van der Waals surface area contributed by atoms with Crippen molar-refractivity contribution in [1.29, 1.82) is 0 Å². The molecule has 0 fully saturated rings. The van der Waals surface area contributed by atoms with Crippen molar-refractivity contribution in [3.05, 3.63) is 18.2 Å². The molecule has 0 aliphatic heterocycles. The lowest BCUT2D eigenvalue weighted by atomic mass is 10.1. The van der Waals surface area contributed by atoms with Gasteiger partial charge in [-0.2, -0.15) is 0 Å². The number of imide groups is 1. The van der Waals surface area contributed by atoms with E-state index in [4.69, 9.17) is 19.6 Å². The molecule has 10 heteroatoms. The first-order valence-electron chi connectivity index (χ1n) is 7.68. The number of amides is 3. The largest absolute Gasteiger partial charge is 0.493 e. The predicted octanol–water partition coefficient (Wildman–Crippen LogP) is 2.07. The molecular weight excluding hydrogens is 360 g/mol. The number of urea groups is 1. The summed E-state index contributed by atoms with van der Waals surface area (Å²) in [5.74, 6) is 0.775. The van der Waals surface area contributed by atoms with Crippen molar-refractivity contribution < 1.29 is 23.5 Å². The van der Waals surface area contributed by atoms with E-state index in [2.05, 4.69) is 15.5 Å². The normalized spacial score (nSPS) is 11.9. The molecule has 26 heavy (non-hydrogen) atoms. The minimum absolute atomic E-state index is 0.0872. The number of rotatable bonds is 7. The van der Waals surface area contributed by atoms with Crippen molar-refractivity contribution >= 4 is 23.7 Å². The molecule has 2 rings (SSSR count). The van der Waals surface area contributed by atoms with Crippen molar-refractivity contribution in [3.8, 4) is 23.0 Å². The van der Waals surface area contributed by atoms with Crippen molar-refractivity contribution in [1.82, 2.24) is 15.5 Å². The molecule has 0 unspecified atom stereocenters. The lowest BCUT2D eigenvalue weighted by Gasteiger charge is -2.16. The monoisotopic (exact) mass is 380 g/mol. The molecule has 0 bridgehead atoms. The van der Waals surface area contributed by atoms with Crippen LogP contribution >= 0.6 is 11.8 Å². The van der Waals surface area contributed by atoms with Crippen molar-refractivity contribution in [2.75, 3.05) is 14.2 Å². The van der Waals surface area contributed by atoms with E-state index >= 15 is 0 Å². The van der Waals surface area contributed by atoms with E-state index in [-0.39, 0.29) is 17.0 Å². The van der Waals surface area contributed by atoms with Gasteiger partial charge in [-0.05, 0) is 24.1 Å². The quantitative estimate of drug-likeness (QED) is 0.698. The predicted molar refractivity (Wildman–Crippen MR) is 95.0 cm³/mol. The Hall–Kier alpha value is -2.75. The minimum atomic E-state index is -0.905. The molecule has 3 amide bonds. The number of benzene rings is 1. The van der Waals surface area contributed by atoms with Crippen LogP contribution in [0.15, 0.2) is 27.8 Å². The number of hydrogen-bond donors (Lipinski definition) is 2. The number of nitrogens with zero attached hydrogens (tertiary/aromatic N) is 2. The van der Waals surface area contributed by atoms with E-state index in [0.29, 0.717) is 17.1 Å². The highest BCUT2D eigenvalue weighted by Gasteiger charge is 2.27. The molecule has 0 aliphatic carbocycles. The van der Waals surface area contributed by atoms with Crippen LogP contribution in [-0.2, 0) is 4.79 Å². The van der Waals surface area contributed by atoms with E-state index in [0.717, 1.165) is 11.8 Å². The summed E-state index contributed by atoms with van der Waals surface area (Å²) in [7, 11) is 3.07. The van der Waals surface area contributed by atoms with Gasteiger partial charge in [0, 0.05) is 5.56 Å². The maximum atomic E-state index is 12.1. The average Bonchev–Trinajstić information content (AvgIpc) is 3.06. The van der Waals surface area contributed by atoms with E-state index in [1.54, 1.807) is 25.3 Å². The van der Waals surface area contributed by atoms with E-state index in [1.165, 1.54) is 7.11 Å². The number of carbonyl (C=O) groups excluding carboxylic acids is 2. The number of ether oxygens (including phenoxy) is 2. The number of nitrogens with one attached hydrogen (secondary N) is 1. The van der Waals surface area contributed by atoms with Gasteiger partial charge in [0.25, 0.3) is 5.22 Å². The molecule has 0 saturated carbocycles. The van der Waals surface area contributed by atoms with Crippen LogP contribution in [0.4, 0.5) is 4.79 Å². The van der Waals surface area contributed by atoms with Crippen molar-refractivity contribution in [2.24, 2.45) is 11.7 Å². The topological polar surface area (TPSA) is 130 Å². The fraction of sp³-hybridized carbons (Fsp3) is 0.375. The lowest BCUT2D eigenvalue weighted by molar-refractivity contribution is -0.120. The third-order valence-corrected chi connectivity index (χ3v) is 4.75. The van der Waals surface area contributed by atoms with E-state index < -0.39 is 17.2 Å². The summed E-state index contributed by atoms with van der Waals surface area (Å²) in [5.41, 5.74) is 5.65. The van der Waals surface area contributed by atoms with Crippen LogP contribution in [0.5, 0.6) is 11.5 Å². The number of methoxy groups -OCH3 is 2. The second-order valence-electron chi connectivity index (χ2n) is 5.58. The Bertz CT molecular complexity index is 793. The van der Waals surface area contributed by atoms with Crippen LogP contribution in [0.25, 0.3) is 11.5 Å². The molecule has 1 heterocycles. The maximum Gasteiger partial charge on any atom is 0.318 e.